The molecule has 1 unspecified atom stereocenters. The number of aliphatic imine (C=N–C) groups is 2. The molecule has 0 spiro atoms. The number of nitrogens with one attached hydrogen (secondary N) is 2. The molecule has 2 rings (SSSR count). The lowest BCUT2D eigenvalue weighted by Crippen LogP contribution is -2.15. The third-order valence-electron chi connectivity index (χ3n) is 6.40. The summed E-state index contributed by atoms with van der Waals surface area (Å²) in [4.78, 5) is 44.1. The Morgan fingerprint density at radius 2 is 1.24 bits per heavy atom. The van der Waals surface area contributed by atoms with Crippen molar-refractivity contribution >= 4 is 24.3 Å². The van der Waals surface area contributed by atoms with E-state index in [1.807, 2.05) is 20.8 Å². The number of rotatable bonds is 9. The Labute approximate surface area is 205 Å². The molecule has 0 saturated heterocycles. The van der Waals surface area contributed by atoms with Crippen LogP contribution in [-0.2, 0) is 19.2 Å². The van der Waals surface area contributed by atoms with E-state index in [0.717, 1.165) is 49.7 Å². The molecule has 0 aliphatic heterocycles. The van der Waals surface area contributed by atoms with Gasteiger partial charge in [0.05, 0.1) is 11.6 Å². The Kier molecular flexibility index (Phi) is 23.5. The van der Waals surface area contributed by atoms with Gasteiger partial charge in [0.2, 0.25) is 24.3 Å². The molecule has 8 nitrogen and oxygen atoms in total. The molecular weight excluding hydrogens is 432 g/mol. The van der Waals surface area contributed by atoms with E-state index in [1.54, 1.807) is 44.3 Å². The number of isocyanates is 4. The Bertz CT molecular complexity index is 630. The summed E-state index contributed by atoms with van der Waals surface area (Å²) in [6.45, 7) is 5.70. The van der Waals surface area contributed by atoms with Crippen LogP contribution in [0.1, 0.15) is 117 Å². The molecule has 0 heterocycles. The minimum Gasteiger partial charge on any atom is -0.222 e. The van der Waals surface area contributed by atoms with Crippen LogP contribution in [0.25, 0.3) is 0 Å². The molecule has 2 fully saturated rings. The van der Waals surface area contributed by atoms with E-state index in [4.69, 9.17) is 20.4 Å². The summed E-state index contributed by atoms with van der Waals surface area (Å²) < 4.78 is 0. The molecule has 1 atom stereocenters. The molecule has 2 aliphatic carbocycles. The smallest absolute Gasteiger partial charge is 0.222 e. The fourth-order valence-corrected chi connectivity index (χ4v) is 4.65. The molecule has 192 valence electrons. The SMILES string of the molecule is C1CCC(CC2CCCCC2)CC1.CC(CCCCC(C)(C)N=C=O)N=C=O.N=C=O.N=C=O. The van der Waals surface area contributed by atoms with Gasteiger partial charge < -0.3 is 0 Å². The van der Waals surface area contributed by atoms with Gasteiger partial charge in [-0.05, 0) is 51.9 Å². The molecule has 2 N–H and O–H groups in total. The second kappa shape index (κ2) is 23.7. The molecule has 0 aromatic rings. The Morgan fingerprint density at radius 3 is 1.62 bits per heavy atom. The van der Waals surface area contributed by atoms with E-state index in [9.17, 15) is 9.59 Å². The maximum atomic E-state index is 10.1. The van der Waals surface area contributed by atoms with E-state index in [1.165, 1.54) is 38.5 Å². The quantitative estimate of drug-likeness (QED) is 0.216. The zero-order chi connectivity index (χ0) is 26.1. The number of hydrogen-bond acceptors (Lipinski definition) is 8. The molecule has 8 heteroatoms. The highest BCUT2D eigenvalue weighted by Crippen LogP contribution is 2.34. The van der Waals surface area contributed by atoms with Crippen molar-refractivity contribution in [1.29, 1.82) is 10.8 Å². The van der Waals surface area contributed by atoms with E-state index in [0.29, 0.717) is 0 Å². The zero-order valence-electron chi connectivity index (χ0n) is 21.4. The summed E-state index contributed by atoms with van der Waals surface area (Å²) in [7, 11) is 0. The maximum absolute atomic E-state index is 10.1. The highest BCUT2D eigenvalue weighted by atomic mass is 16.1. The lowest BCUT2D eigenvalue weighted by molar-refractivity contribution is 0.244. The highest BCUT2D eigenvalue weighted by molar-refractivity contribution is 5.34. The van der Waals surface area contributed by atoms with Crippen molar-refractivity contribution in [2.24, 2.45) is 21.8 Å². The first-order valence-electron chi connectivity index (χ1n) is 12.5. The molecule has 2 saturated carbocycles. The molecule has 0 aromatic heterocycles. The minimum atomic E-state index is -0.321. The third-order valence-corrected chi connectivity index (χ3v) is 6.40. The standard InChI is InChI=1S/C13H24.C11H18N2O2.2CHNO/c1-3-7-12(8-4-1)11-13-9-5-2-6-10-13;1-10(12-8-14)6-4-5-7-11(2,3)13-9-15;2*2-1-3/h12-13H,1-11H2;10H,4-7H2,1-3H3;2*2H. The number of nitrogens with zero attached hydrogens (tertiary/aromatic N) is 2. The first-order valence-corrected chi connectivity index (χ1v) is 12.5. The molecule has 34 heavy (non-hydrogen) atoms. The van der Waals surface area contributed by atoms with Crippen molar-refractivity contribution in [1.82, 2.24) is 0 Å². The van der Waals surface area contributed by atoms with Gasteiger partial charge in [0.25, 0.3) is 0 Å². The van der Waals surface area contributed by atoms with Crippen LogP contribution in [0.2, 0.25) is 0 Å². The first kappa shape index (κ1) is 33.7. The second-order valence-corrected chi connectivity index (χ2v) is 9.78. The first-order chi connectivity index (χ1) is 16.3. The fourth-order valence-electron chi connectivity index (χ4n) is 4.65. The Morgan fingerprint density at radius 1 is 0.794 bits per heavy atom. The van der Waals surface area contributed by atoms with Gasteiger partial charge in [-0.1, -0.05) is 77.0 Å². The van der Waals surface area contributed by atoms with Gasteiger partial charge in [0.15, 0.2) is 0 Å². The highest BCUT2D eigenvalue weighted by Gasteiger charge is 2.20. The van der Waals surface area contributed by atoms with E-state index in [-0.39, 0.29) is 11.6 Å². The number of carbonyl (C=O) groups excluding carboxylic acids is 4. The normalized spacial score (nSPS) is 16.6. The van der Waals surface area contributed by atoms with Gasteiger partial charge in [0.1, 0.15) is 0 Å². The van der Waals surface area contributed by atoms with Gasteiger partial charge in [-0.2, -0.15) is 4.99 Å². The molecule has 0 amide bonds. The van der Waals surface area contributed by atoms with Gasteiger partial charge in [0, 0.05) is 0 Å². The third kappa shape index (κ3) is 22.7. The van der Waals surface area contributed by atoms with Gasteiger partial charge >= 0.3 is 0 Å². The summed E-state index contributed by atoms with van der Waals surface area (Å²) in [5, 5.41) is 10.8. The van der Waals surface area contributed by atoms with E-state index >= 15 is 0 Å². The molecule has 2 aliphatic rings. The van der Waals surface area contributed by atoms with Crippen LogP contribution in [0, 0.1) is 22.7 Å². The molecule has 0 aromatic carbocycles. The zero-order valence-corrected chi connectivity index (χ0v) is 21.4. The van der Waals surface area contributed by atoms with Crippen LogP contribution in [0.3, 0.4) is 0 Å². The molecule has 0 radical (unpaired) electrons. The average molecular weight is 477 g/mol. The second-order valence-electron chi connectivity index (χ2n) is 9.78. The minimum absolute atomic E-state index is 0.0418. The van der Waals surface area contributed by atoms with Crippen molar-refractivity contribution < 1.29 is 19.2 Å². The molecular formula is C26H44N4O4. The van der Waals surface area contributed by atoms with Crippen LogP contribution >= 0.6 is 0 Å². The van der Waals surface area contributed by atoms with Crippen LogP contribution in [0.4, 0.5) is 0 Å². The summed E-state index contributed by atoms with van der Waals surface area (Å²) in [6.07, 6.45) is 25.2. The summed E-state index contributed by atoms with van der Waals surface area (Å²) in [5.74, 6) is 2.24. The van der Waals surface area contributed by atoms with Crippen LogP contribution in [0.15, 0.2) is 9.98 Å². The predicted molar refractivity (Wildman–Crippen MR) is 133 cm³/mol. The van der Waals surface area contributed by atoms with Crippen LogP contribution in [0.5, 0.6) is 0 Å². The molecule has 0 bridgehead atoms. The van der Waals surface area contributed by atoms with Crippen molar-refractivity contribution in [3.63, 3.8) is 0 Å². The van der Waals surface area contributed by atoms with E-state index in [2.05, 4.69) is 9.98 Å². The predicted octanol–water partition coefficient (Wildman–Crippen LogP) is 6.72. The number of unbranched alkanes of at least 4 members (excludes halogenated alkanes) is 1. The van der Waals surface area contributed by atoms with Crippen LogP contribution < -0.4 is 0 Å². The Hall–Kier alpha value is -2.48. The lowest BCUT2D eigenvalue weighted by Gasteiger charge is -2.28. The average Bonchev–Trinajstić information content (AvgIpc) is 2.80. The summed E-state index contributed by atoms with van der Waals surface area (Å²) in [5.41, 5.74) is -0.321. The monoisotopic (exact) mass is 476 g/mol. The number of hydrogen-bond donors (Lipinski definition) is 2. The maximum Gasteiger partial charge on any atom is 0.235 e. The van der Waals surface area contributed by atoms with Gasteiger partial charge in [-0.15, -0.1) is 0 Å². The Balaban J connectivity index is 0. The topological polar surface area (TPSA) is 141 Å². The van der Waals surface area contributed by atoms with Crippen LogP contribution in [-0.4, -0.2) is 35.9 Å². The summed E-state index contributed by atoms with van der Waals surface area (Å²) in [6, 6.07) is 0.0418. The fraction of sp³-hybridized carbons (Fsp3) is 0.846. The summed E-state index contributed by atoms with van der Waals surface area (Å²) >= 11 is 0. The van der Waals surface area contributed by atoms with Gasteiger partial charge in [-0.3, -0.25) is 0 Å². The van der Waals surface area contributed by atoms with Crippen molar-refractivity contribution in [2.75, 3.05) is 0 Å². The van der Waals surface area contributed by atoms with E-state index < -0.39 is 0 Å². The van der Waals surface area contributed by atoms with Crippen molar-refractivity contribution in [2.45, 2.75) is 129 Å². The lowest BCUT2D eigenvalue weighted by atomic mass is 9.78. The van der Waals surface area contributed by atoms with Gasteiger partial charge in [-0.25, -0.2) is 35.0 Å². The van der Waals surface area contributed by atoms with Crippen molar-refractivity contribution in [3.8, 4) is 0 Å². The largest absolute Gasteiger partial charge is 0.235 e. The van der Waals surface area contributed by atoms with Crippen molar-refractivity contribution in [3.05, 3.63) is 0 Å².